The number of hydrogen-bond acceptors (Lipinski definition) is 5. The summed E-state index contributed by atoms with van der Waals surface area (Å²) < 4.78 is 3.24. The predicted octanol–water partition coefficient (Wildman–Crippen LogP) is 2.80. The van der Waals surface area contributed by atoms with E-state index < -0.39 is 0 Å². The molecule has 3 heterocycles. The van der Waals surface area contributed by atoms with Gasteiger partial charge in [-0.2, -0.15) is 9.61 Å². The molecular formula is C17H13ClN6O. The van der Waals surface area contributed by atoms with Gasteiger partial charge < -0.3 is 0 Å². The first-order valence-electron chi connectivity index (χ1n) is 8.02. The highest BCUT2D eigenvalue weighted by Crippen LogP contribution is 2.33. The van der Waals surface area contributed by atoms with E-state index in [1.54, 1.807) is 15.4 Å². The molecule has 1 aliphatic carbocycles. The van der Waals surface area contributed by atoms with Gasteiger partial charge in [0.05, 0.1) is 11.3 Å². The van der Waals surface area contributed by atoms with Gasteiger partial charge in [0, 0.05) is 11.1 Å². The van der Waals surface area contributed by atoms with Crippen LogP contribution in [-0.2, 0) is 0 Å². The summed E-state index contributed by atoms with van der Waals surface area (Å²) in [5.41, 5.74) is 3.67. The van der Waals surface area contributed by atoms with Crippen LogP contribution < -0.4 is 5.56 Å². The number of nitrogens with zero attached hydrogens (tertiary/aromatic N) is 6. The third-order valence-corrected chi connectivity index (χ3v) is 4.76. The number of halogens is 1. The molecule has 0 atom stereocenters. The Morgan fingerprint density at radius 1 is 1.12 bits per heavy atom. The molecule has 1 aliphatic rings. The van der Waals surface area contributed by atoms with E-state index in [1.807, 2.05) is 31.2 Å². The Labute approximate surface area is 146 Å². The Balaban J connectivity index is 1.80. The molecule has 8 heteroatoms. The van der Waals surface area contributed by atoms with E-state index in [4.69, 9.17) is 11.6 Å². The molecule has 0 saturated heterocycles. The van der Waals surface area contributed by atoms with Crippen molar-refractivity contribution in [2.45, 2.75) is 25.8 Å². The Bertz CT molecular complexity index is 1190. The Hall–Kier alpha value is -2.80. The highest BCUT2D eigenvalue weighted by atomic mass is 35.5. The van der Waals surface area contributed by atoms with Crippen molar-refractivity contribution in [3.05, 3.63) is 51.7 Å². The predicted molar refractivity (Wildman–Crippen MR) is 93.8 cm³/mol. The maximum Gasteiger partial charge on any atom is 0.283 e. The monoisotopic (exact) mass is 352 g/mol. The lowest BCUT2D eigenvalue weighted by Gasteiger charge is -2.04. The highest BCUT2D eigenvalue weighted by molar-refractivity contribution is 6.30. The Morgan fingerprint density at radius 3 is 2.60 bits per heavy atom. The van der Waals surface area contributed by atoms with E-state index in [0.717, 1.165) is 29.7 Å². The first kappa shape index (κ1) is 14.5. The average Bonchev–Trinajstić information content (AvgIpc) is 3.38. The molecule has 1 aromatic carbocycles. The van der Waals surface area contributed by atoms with Crippen molar-refractivity contribution in [3.63, 3.8) is 0 Å². The van der Waals surface area contributed by atoms with Gasteiger partial charge in [0.15, 0.2) is 16.8 Å². The molecule has 7 nitrogen and oxygen atoms in total. The Morgan fingerprint density at radius 2 is 1.88 bits per heavy atom. The molecule has 0 bridgehead atoms. The molecule has 124 valence electrons. The molecule has 0 radical (unpaired) electrons. The molecule has 0 N–H and O–H groups in total. The van der Waals surface area contributed by atoms with Gasteiger partial charge in [-0.05, 0) is 37.5 Å². The third kappa shape index (κ3) is 2.16. The van der Waals surface area contributed by atoms with E-state index in [0.29, 0.717) is 16.3 Å². The van der Waals surface area contributed by atoms with Crippen LogP contribution in [0.2, 0.25) is 5.02 Å². The molecule has 1 saturated carbocycles. The van der Waals surface area contributed by atoms with Crippen molar-refractivity contribution in [2.75, 3.05) is 0 Å². The van der Waals surface area contributed by atoms with Gasteiger partial charge in [0.25, 0.3) is 5.56 Å². The van der Waals surface area contributed by atoms with Crippen molar-refractivity contribution < 1.29 is 0 Å². The van der Waals surface area contributed by atoms with Crippen LogP contribution in [0.3, 0.4) is 0 Å². The van der Waals surface area contributed by atoms with Crippen molar-refractivity contribution in [2.24, 2.45) is 0 Å². The van der Waals surface area contributed by atoms with Crippen molar-refractivity contribution in [1.29, 1.82) is 0 Å². The number of benzene rings is 1. The van der Waals surface area contributed by atoms with Crippen LogP contribution in [0.5, 0.6) is 0 Å². The summed E-state index contributed by atoms with van der Waals surface area (Å²) in [5.74, 6) is 0. The lowest BCUT2D eigenvalue weighted by molar-refractivity contribution is 0.690. The quantitative estimate of drug-likeness (QED) is 0.554. The summed E-state index contributed by atoms with van der Waals surface area (Å²) >= 11 is 5.98. The first-order chi connectivity index (χ1) is 12.1. The number of fused-ring (bicyclic) bond motifs is 3. The van der Waals surface area contributed by atoms with E-state index in [1.165, 1.54) is 0 Å². The van der Waals surface area contributed by atoms with Crippen LogP contribution in [0.25, 0.3) is 27.9 Å². The molecule has 4 aromatic rings. The van der Waals surface area contributed by atoms with Crippen molar-refractivity contribution >= 4 is 28.4 Å². The fourth-order valence-electron chi connectivity index (χ4n) is 3.11. The number of aromatic nitrogens is 6. The van der Waals surface area contributed by atoms with E-state index in [-0.39, 0.29) is 17.1 Å². The zero-order valence-electron chi connectivity index (χ0n) is 13.3. The van der Waals surface area contributed by atoms with Crippen molar-refractivity contribution in [3.8, 4) is 11.1 Å². The molecule has 0 aliphatic heterocycles. The molecule has 0 unspecified atom stereocenters. The first-order valence-corrected chi connectivity index (χ1v) is 8.40. The topological polar surface area (TPSA) is 78.0 Å². The van der Waals surface area contributed by atoms with Gasteiger partial charge in [-0.1, -0.05) is 23.7 Å². The van der Waals surface area contributed by atoms with Crippen molar-refractivity contribution in [1.82, 2.24) is 29.4 Å². The summed E-state index contributed by atoms with van der Waals surface area (Å²) in [4.78, 5) is 17.1. The fraction of sp³-hybridized carbons (Fsp3) is 0.235. The summed E-state index contributed by atoms with van der Waals surface area (Å²) in [6.45, 7) is 1.90. The second-order valence-electron chi connectivity index (χ2n) is 6.26. The zero-order valence-corrected chi connectivity index (χ0v) is 14.1. The Kier molecular flexibility index (Phi) is 2.96. The third-order valence-electron chi connectivity index (χ3n) is 4.51. The van der Waals surface area contributed by atoms with Crippen LogP contribution in [-0.4, -0.2) is 29.4 Å². The van der Waals surface area contributed by atoms with E-state index in [2.05, 4.69) is 20.3 Å². The molecule has 25 heavy (non-hydrogen) atoms. The number of aryl methyl sites for hydroxylation is 1. The largest absolute Gasteiger partial charge is 0.294 e. The maximum atomic E-state index is 12.6. The standard InChI is InChI=1S/C17H13ClN6O/c1-9-13(10-2-4-11(18)5-3-10)15-21-20-14-16(24(15)22-9)19-8-23(17(14)25)12-6-7-12/h2-5,8,12H,6-7H2,1H3. The van der Waals surface area contributed by atoms with E-state index in [9.17, 15) is 4.79 Å². The highest BCUT2D eigenvalue weighted by Gasteiger charge is 2.26. The van der Waals surface area contributed by atoms with Gasteiger partial charge in [0.1, 0.15) is 6.33 Å². The second kappa shape index (κ2) is 5.10. The van der Waals surface area contributed by atoms with Crippen LogP contribution in [0.1, 0.15) is 24.6 Å². The van der Waals surface area contributed by atoms with Gasteiger partial charge in [-0.3, -0.25) is 9.36 Å². The minimum Gasteiger partial charge on any atom is -0.294 e. The molecular weight excluding hydrogens is 340 g/mol. The fourth-order valence-corrected chi connectivity index (χ4v) is 3.24. The molecule has 3 aromatic heterocycles. The van der Waals surface area contributed by atoms with E-state index >= 15 is 0 Å². The smallest absolute Gasteiger partial charge is 0.283 e. The van der Waals surface area contributed by atoms with Crippen LogP contribution in [0, 0.1) is 6.92 Å². The summed E-state index contributed by atoms with van der Waals surface area (Å²) in [6, 6.07) is 7.71. The number of hydrogen-bond donors (Lipinski definition) is 0. The molecule has 0 spiro atoms. The minimum absolute atomic E-state index is 0.164. The van der Waals surface area contributed by atoms with Crippen LogP contribution in [0.15, 0.2) is 35.4 Å². The summed E-state index contributed by atoms with van der Waals surface area (Å²) in [7, 11) is 0. The van der Waals surface area contributed by atoms with Crippen LogP contribution in [0.4, 0.5) is 0 Å². The van der Waals surface area contributed by atoms with Gasteiger partial charge in [-0.25, -0.2) is 4.98 Å². The summed E-state index contributed by atoms with van der Waals surface area (Å²) in [6.07, 6.45) is 3.59. The zero-order chi connectivity index (χ0) is 17.1. The van der Waals surface area contributed by atoms with Crippen LogP contribution >= 0.6 is 11.6 Å². The molecule has 1 fully saturated rings. The minimum atomic E-state index is -0.164. The normalized spacial score (nSPS) is 14.5. The average molecular weight is 353 g/mol. The molecule has 0 amide bonds. The van der Waals surface area contributed by atoms with Gasteiger partial charge >= 0.3 is 0 Å². The van der Waals surface area contributed by atoms with Gasteiger partial charge in [-0.15, -0.1) is 10.2 Å². The van der Waals surface area contributed by atoms with Gasteiger partial charge in [0.2, 0.25) is 0 Å². The second-order valence-corrected chi connectivity index (χ2v) is 6.70. The number of rotatable bonds is 2. The summed E-state index contributed by atoms with van der Waals surface area (Å²) in [5, 5.41) is 13.6. The maximum absolute atomic E-state index is 12.6. The molecule has 5 rings (SSSR count). The SMILES string of the molecule is Cc1nn2c(nnc3c(=O)n(C4CC4)cnc32)c1-c1ccc(Cl)cc1. The lowest BCUT2D eigenvalue weighted by Crippen LogP contribution is -2.22. The lowest BCUT2D eigenvalue weighted by atomic mass is 10.1.